The van der Waals surface area contributed by atoms with Crippen LogP contribution in [0.4, 0.5) is 0 Å². The molecule has 6 rings (SSSR count). The van der Waals surface area contributed by atoms with Crippen LogP contribution in [-0.4, -0.2) is 44.4 Å². The van der Waals surface area contributed by atoms with E-state index in [-0.39, 0.29) is 17.1 Å². The van der Waals surface area contributed by atoms with E-state index < -0.39 is 29.6 Å². The summed E-state index contributed by atoms with van der Waals surface area (Å²) < 4.78 is 24.7. The smallest absolute Gasteiger partial charge is 0.134 e. The van der Waals surface area contributed by atoms with Gasteiger partial charge in [-0.05, 0) is 95.7 Å². The second-order valence-corrected chi connectivity index (χ2v) is 23.6. The van der Waals surface area contributed by atoms with Crippen molar-refractivity contribution in [2.45, 2.75) is 129 Å². The largest absolute Gasteiger partial charge is 0.507 e. The Labute approximate surface area is 377 Å². The van der Waals surface area contributed by atoms with Gasteiger partial charge in [0.25, 0.3) is 0 Å². The number of phenolic OH excluding ortho intramolecular Hbond substituents is 2. The predicted octanol–water partition coefficient (Wildman–Crippen LogP) is 13.6. The molecule has 1 aliphatic rings. The van der Waals surface area contributed by atoms with E-state index in [1.54, 1.807) is 28.4 Å². The van der Waals surface area contributed by atoms with Gasteiger partial charge in [-0.3, -0.25) is 4.79 Å². The Balaban J connectivity index is 1.89. The van der Waals surface area contributed by atoms with Crippen molar-refractivity contribution in [2.24, 2.45) is 0 Å². The highest BCUT2D eigenvalue weighted by molar-refractivity contribution is 7.67. The van der Waals surface area contributed by atoms with Gasteiger partial charge in [-0.2, -0.15) is 0 Å². The maximum absolute atomic E-state index is 14.8. The number of phenols is 2. The highest BCUT2D eigenvalue weighted by Gasteiger charge is 2.45. The standard InChI is InChI=1S/C55H69O7P/c1-52(2,3)37-26-32(27-38(49(37)57)53(4,5)6)45-30-34(56)31-46(33-28-39(54(7,8)9)50(58)40(29-33)55(10,11)12)63(45)51-35(47-41(59-13)22-18-23-42(47)60-14)20-17-21-36(51)48-43(61-15)24-19-25-44(48)62-16/h17-29,45-46,57-58H,30-31H2,1-16H3. The van der Waals surface area contributed by atoms with Crippen LogP contribution in [0, 0.1) is 0 Å². The second-order valence-electron chi connectivity index (χ2n) is 21.1. The quantitative estimate of drug-likeness (QED) is 0.142. The van der Waals surface area contributed by atoms with Crippen molar-refractivity contribution in [3.8, 4) is 56.8 Å². The number of carbonyl (C=O) groups is 1. The van der Waals surface area contributed by atoms with Gasteiger partial charge in [-0.1, -0.05) is 146 Å². The molecule has 7 nitrogen and oxygen atoms in total. The topological polar surface area (TPSA) is 94.5 Å². The zero-order valence-electron chi connectivity index (χ0n) is 40.5. The number of hydrogen-bond donors (Lipinski definition) is 2. The highest BCUT2D eigenvalue weighted by atomic mass is 31.1. The first-order valence-electron chi connectivity index (χ1n) is 22.0. The number of carbonyl (C=O) groups excluding carboxylic acids is 1. The van der Waals surface area contributed by atoms with Gasteiger partial charge in [0.05, 0.1) is 39.6 Å². The van der Waals surface area contributed by atoms with Crippen LogP contribution in [0.3, 0.4) is 0 Å². The molecule has 336 valence electrons. The first-order valence-corrected chi connectivity index (χ1v) is 23.5. The van der Waals surface area contributed by atoms with E-state index in [2.05, 4.69) is 126 Å². The molecule has 2 atom stereocenters. The first-order chi connectivity index (χ1) is 29.4. The van der Waals surface area contributed by atoms with Crippen molar-refractivity contribution < 1.29 is 34.0 Å². The molecule has 0 saturated carbocycles. The van der Waals surface area contributed by atoms with Crippen LogP contribution >= 0.6 is 7.92 Å². The molecule has 1 fully saturated rings. The van der Waals surface area contributed by atoms with Crippen LogP contribution in [-0.2, 0) is 26.5 Å². The average molecular weight is 873 g/mol. The van der Waals surface area contributed by atoms with E-state index in [9.17, 15) is 15.0 Å². The summed E-state index contributed by atoms with van der Waals surface area (Å²) in [5.74, 6) is 3.37. The molecular formula is C55H69O7P. The fourth-order valence-electron chi connectivity index (χ4n) is 9.24. The number of benzene rings is 5. The molecule has 2 unspecified atom stereocenters. The van der Waals surface area contributed by atoms with Crippen molar-refractivity contribution >= 4 is 19.0 Å². The van der Waals surface area contributed by atoms with Gasteiger partial charge in [0.1, 0.15) is 40.3 Å². The zero-order chi connectivity index (χ0) is 46.6. The summed E-state index contributed by atoms with van der Waals surface area (Å²) in [4.78, 5) is 14.8. The molecular weight excluding hydrogens is 804 g/mol. The number of ether oxygens (including phenoxy) is 4. The Morgan fingerprint density at radius 3 is 1.00 bits per heavy atom. The summed E-state index contributed by atoms with van der Waals surface area (Å²) in [6, 6.07) is 26.7. The Kier molecular flexibility index (Phi) is 13.2. The van der Waals surface area contributed by atoms with Crippen LogP contribution < -0.4 is 24.3 Å². The average Bonchev–Trinajstić information content (AvgIpc) is 3.20. The molecule has 0 amide bonds. The van der Waals surface area contributed by atoms with Gasteiger partial charge in [0, 0.05) is 24.2 Å². The molecule has 0 bridgehead atoms. The molecule has 1 heterocycles. The Bertz CT molecular complexity index is 2230. The van der Waals surface area contributed by atoms with Crippen LogP contribution in [0.1, 0.15) is 141 Å². The number of hydrogen-bond acceptors (Lipinski definition) is 7. The van der Waals surface area contributed by atoms with Gasteiger partial charge in [-0.15, -0.1) is 0 Å². The lowest BCUT2D eigenvalue weighted by Crippen LogP contribution is -2.27. The van der Waals surface area contributed by atoms with E-state index in [0.29, 0.717) is 47.3 Å². The minimum absolute atomic E-state index is 0.165. The summed E-state index contributed by atoms with van der Waals surface area (Å²) in [5.41, 5.74) is 6.62. The Hall–Kier alpha value is -5.00. The Morgan fingerprint density at radius 2 is 0.746 bits per heavy atom. The van der Waals surface area contributed by atoms with Crippen LogP contribution in [0.2, 0.25) is 0 Å². The van der Waals surface area contributed by atoms with Crippen molar-refractivity contribution in [2.75, 3.05) is 28.4 Å². The lowest BCUT2D eigenvalue weighted by molar-refractivity contribution is -0.119. The summed E-state index contributed by atoms with van der Waals surface area (Å²) in [5, 5.41) is 25.2. The third-order valence-electron chi connectivity index (χ3n) is 12.5. The molecule has 1 aliphatic heterocycles. The summed E-state index contributed by atoms with van der Waals surface area (Å²) >= 11 is 0. The minimum Gasteiger partial charge on any atom is -0.507 e. The summed E-state index contributed by atoms with van der Waals surface area (Å²) in [6.45, 7) is 25.5. The zero-order valence-corrected chi connectivity index (χ0v) is 41.4. The van der Waals surface area contributed by atoms with Crippen LogP contribution in [0.5, 0.6) is 34.5 Å². The lowest BCUT2D eigenvalue weighted by atomic mass is 9.77. The van der Waals surface area contributed by atoms with E-state index >= 15 is 0 Å². The Morgan fingerprint density at radius 1 is 0.476 bits per heavy atom. The van der Waals surface area contributed by atoms with Gasteiger partial charge in [0.15, 0.2) is 0 Å². The third kappa shape index (κ3) is 9.19. The molecule has 2 N–H and O–H groups in total. The molecule has 0 radical (unpaired) electrons. The summed E-state index contributed by atoms with van der Waals surface area (Å²) in [7, 11) is 5.27. The van der Waals surface area contributed by atoms with E-state index in [1.165, 1.54) is 0 Å². The number of methoxy groups -OCH3 is 4. The van der Waals surface area contributed by atoms with E-state index in [1.807, 2.05) is 36.4 Å². The summed E-state index contributed by atoms with van der Waals surface area (Å²) in [6.07, 6.45) is 0.604. The normalized spacial score (nSPS) is 17.4. The minimum atomic E-state index is -1.45. The molecule has 0 aliphatic carbocycles. The van der Waals surface area contributed by atoms with Crippen molar-refractivity contribution in [1.29, 1.82) is 0 Å². The van der Waals surface area contributed by atoms with Crippen molar-refractivity contribution in [3.05, 3.63) is 112 Å². The molecule has 8 heteroatoms. The van der Waals surface area contributed by atoms with Gasteiger partial charge in [-0.25, -0.2) is 0 Å². The van der Waals surface area contributed by atoms with Crippen LogP contribution in [0.15, 0.2) is 78.9 Å². The molecule has 0 spiro atoms. The number of rotatable bonds is 9. The predicted molar refractivity (Wildman–Crippen MR) is 261 cm³/mol. The van der Waals surface area contributed by atoms with Crippen LogP contribution in [0.25, 0.3) is 22.3 Å². The third-order valence-corrected chi connectivity index (χ3v) is 15.8. The first kappa shape index (κ1) is 47.5. The van der Waals surface area contributed by atoms with Gasteiger partial charge in [0.2, 0.25) is 0 Å². The van der Waals surface area contributed by atoms with E-state index in [0.717, 1.165) is 60.9 Å². The van der Waals surface area contributed by atoms with Gasteiger partial charge < -0.3 is 29.2 Å². The fourth-order valence-corrected chi connectivity index (χ4v) is 13.0. The molecule has 1 saturated heterocycles. The molecule has 5 aromatic rings. The highest BCUT2D eigenvalue weighted by Crippen LogP contribution is 2.69. The fraction of sp³-hybridized carbons (Fsp3) is 0.436. The SMILES string of the molecule is COc1cccc(OC)c1-c1cccc(-c2c(OC)cccc2OC)c1P1C(c2cc(C(C)(C)C)c(O)c(C(C)(C)C)c2)CC(=O)CC1c1cc(C(C)(C)C)c(O)c(C(C)(C)C)c1. The van der Waals surface area contributed by atoms with Crippen molar-refractivity contribution in [1.82, 2.24) is 0 Å². The van der Waals surface area contributed by atoms with Crippen molar-refractivity contribution in [3.63, 3.8) is 0 Å². The molecule has 0 aromatic heterocycles. The number of ketones is 1. The maximum Gasteiger partial charge on any atom is 0.134 e. The maximum atomic E-state index is 14.8. The second kappa shape index (κ2) is 17.5. The number of Topliss-reactive ketones (excluding diaryl/α,β-unsaturated/α-hetero) is 1. The molecule has 63 heavy (non-hydrogen) atoms. The van der Waals surface area contributed by atoms with E-state index in [4.69, 9.17) is 18.9 Å². The number of aromatic hydroxyl groups is 2. The monoisotopic (exact) mass is 872 g/mol. The lowest BCUT2D eigenvalue weighted by Gasteiger charge is -2.43. The molecule has 5 aromatic carbocycles. The van der Waals surface area contributed by atoms with Gasteiger partial charge >= 0.3 is 0 Å².